The molecule has 7 heteroatoms. The van der Waals surface area contributed by atoms with Gasteiger partial charge in [0.05, 0.1) is 23.4 Å². The standard InChI is InChI=1S/C26H29N3O4/c1-3-4-17-33-26(32)20-11-8-12-21(18-20)29-24(30)22(19-9-6-5-7-10-19)23(25(29)31)28-15-13-27(2)14-16-28/h5-12,18H,3-4,13-17H2,1-2H3. The van der Waals surface area contributed by atoms with Crippen LogP contribution < -0.4 is 4.90 Å². The monoisotopic (exact) mass is 447 g/mol. The lowest BCUT2D eigenvalue weighted by Gasteiger charge is -2.34. The lowest BCUT2D eigenvalue weighted by atomic mass is 10.0. The molecule has 0 aliphatic carbocycles. The number of carbonyl (C=O) groups is 3. The second kappa shape index (κ2) is 10.0. The van der Waals surface area contributed by atoms with Crippen LogP contribution in [0.25, 0.3) is 5.57 Å². The number of anilines is 1. The highest BCUT2D eigenvalue weighted by atomic mass is 16.5. The van der Waals surface area contributed by atoms with E-state index in [-0.39, 0.29) is 11.8 Å². The smallest absolute Gasteiger partial charge is 0.338 e. The number of unbranched alkanes of at least 4 members (excludes halogenated alkanes) is 1. The van der Waals surface area contributed by atoms with E-state index in [0.717, 1.165) is 25.9 Å². The van der Waals surface area contributed by atoms with Crippen LogP contribution in [-0.2, 0) is 14.3 Å². The predicted molar refractivity (Wildman–Crippen MR) is 127 cm³/mol. The van der Waals surface area contributed by atoms with Crippen LogP contribution in [0, 0.1) is 0 Å². The highest BCUT2D eigenvalue weighted by Gasteiger charge is 2.43. The Kier molecular flexibility index (Phi) is 6.89. The predicted octanol–water partition coefficient (Wildman–Crippen LogP) is 3.18. The van der Waals surface area contributed by atoms with E-state index in [2.05, 4.69) is 4.90 Å². The van der Waals surface area contributed by atoms with Crippen molar-refractivity contribution in [3.8, 4) is 0 Å². The van der Waals surface area contributed by atoms with Gasteiger partial charge in [0.2, 0.25) is 0 Å². The first-order valence-electron chi connectivity index (χ1n) is 11.4. The lowest BCUT2D eigenvalue weighted by molar-refractivity contribution is -0.120. The quantitative estimate of drug-likeness (QED) is 0.369. The van der Waals surface area contributed by atoms with Gasteiger partial charge in [0, 0.05) is 26.2 Å². The van der Waals surface area contributed by atoms with Gasteiger partial charge in [-0.3, -0.25) is 9.59 Å². The Bertz CT molecular complexity index is 1070. The van der Waals surface area contributed by atoms with Crippen molar-refractivity contribution >= 4 is 29.0 Å². The lowest BCUT2D eigenvalue weighted by Crippen LogP contribution is -2.46. The molecule has 1 fully saturated rings. The number of rotatable bonds is 7. The minimum Gasteiger partial charge on any atom is -0.462 e. The van der Waals surface area contributed by atoms with Crippen molar-refractivity contribution in [1.82, 2.24) is 9.80 Å². The second-order valence-electron chi connectivity index (χ2n) is 8.37. The molecular weight excluding hydrogens is 418 g/mol. The molecule has 0 N–H and O–H groups in total. The number of esters is 1. The molecule has 172 valence electrons. The minimum atomic E-state index is -0.458. The largest absolute Gasteiger partial charge is 0.462 e. The summed E-state index contributed by atoms with van der Waals surface area (Å²) in [6, 6.07) is 15.8. The molecule has 0 atom stereocenters. The summed E-state index contributed by atoms with van der Waals surface area (Å²) in [5.74, 6) is -1.20. The Morgan fingerprint density at radius 2 is 1.67 bits per heavy atom. The van der Waals surface area contributed by atoms with E-state index in [0.29, 0.717) is 47.8 Å². The number of benzene rings is 2. The Labute approximate surface area is 194 Å². The van der Waals surface area contributed by atoms with Crippen molar-refractivity contribution in [2.45, 2.75) is 19.8 Å². The number of likely N-dealkylation sites (N-methyl/N-ethyl adjacent to an activating group) is 1. The number of amides is 2. The van der Waals surface area contributed by atoms with Crippen LogP contribution in [0.1, 0.15) is 35.7 Å². The van der Waals surface area contributed by atoms with Gasteiger partial charge in [-0.15, -0.1) is 0 Å². The summed E-state index contributed by atoms with van der Waals surface area (Å²) in [5.41, 5.74) is 2.23. The van der Waals surface area contributed by atoms with Crippen LogP contribution in [0.2, 0.25) is 0 Å². The molecule has 33 heavy (non-hydrogen) atoms. The first kappa shape index (κ1) is 22.7. The first-order chi connectivity index (χ1) is 16.0. The number of carbonyl (C=O) groups excluding carboxylic acids is 3. The fraction of sp³-hybridized carbons (Fsp3) is 0.346. The Morgan fingerprint density at radius 1 is 0.939 bits per heavy atom. The number of ether oxygens (including phenoxy) is 1. The normalized spacial score (nSPS) is 17.2. The molecule has 2 aliphatic heterocycles. The molecule has 2 heterocycles. The van der Waals surface area contributed by atoms with Crippen LogP contribution in [0.3, 0.4) is 0 Å². The van der Waals surface area contributed by atoms with Crippen molar-refractivity contribution in [2.75, 3.05) is 44.7 Å². The molecule has 0 bridgehead atoms. The maximum absolute atomic E-state index is 13.6. The van der Waals surface area contributed by atoms with E-state index in [4.69, 9.17) is 4.74 Å². The third kappa shape index (κ3) is 4.68. The maximum atomic E-state index is 13.6. The summed E-state index contributed by atoms with van der Waals surface area (Å²) in [6.45, 7) is 5.32. The van der Waals surface area contributed by atoms with Crippen LogP contribution in [0.15, 0.2) is 60.3 Å². The highest BCUT2D eigenvalue weighted by Crippen LogP contribution is 2.35. The van der Waals surface area contributed by atoms with Gasteiger partial charge >= 0.3 is 5.97 Å². The van der Waals surface area contributed by atoms with E-state index in [1.165, 1.54) is 4.90 Å². The van der Waals surface area contributed by atoms with Crippen molar-refractivity contribution in [3.05, 3.63) is 71.4 Å². The maximum Gasteiger partial charge on any atom is 0.338 e. The second-order valence-corrected chi connectivity index (χ2v) is 8.37. The number of hydrogen-bond donors (Lipinski definition) is 0. The fourth-order valence-electron chi connectivity index (χ4n) is 4.11. The van der Waals surface area contributed by atoms with E-state index in [1.807, 2.05) is 49.2 Å². The Balaban J connectivity index is 1.68. The van der Waals surface area contributed by atoms with Gasteiger partial charge in [0.25, 0.3) is 11.8 Å². The summed E-state index contributed by atoms with van der Waals surface area (Å²) < 4.78 is 5.31. The Morgan fingerprint density at radius 3 is 2.36 bits per heavy atom. The molecule has 4 rings (SSSR count). The number of piperazine rings is 1. The first-order valence-corrected chi connectivity index (χ1v) is 11.4. The zero-order valence-electron chi connectivity index (χ0n) is 19.1. The van der Waals surface area contributed by atoms with E-state index in [1.54, 1.807) is 24.3 Å². The minimum absolute atomic E-state index is 0.318. The molecule has 1 saturated heterocycles. The molecule has 2 amide bonds. The van der Waals surface area contributed by atoms with Gasteiger partial charge in [-0.05, 0) is 37.2 Å². The molecule has 0 unspecified atom stereocenters. The van der Waals surface area contributed by atoms with Crippen LogP contribution in [-0.4, -0.2) is 67.4 Å². The number of nitrogens with zero attached hydrogens (tertiary/aromatic N) is 3. The summed E-state index contributed by atoms with van der Waals surface area (Å²) in [6.07, 6.45) is 1.71. The summed E-state index contributed by atoms with van der Waals surface area (Å²) >= 11 is 0. The molecule has 0 aromatic heterocycles. The van der Waals surface area contributed by atoms with Gasteiger partial charge in [-0.25, -0.2) is 9.69 Å². The van der Waals surface area contributed by atoms with Gasteiger partial charge < -0.3 is 14.5 Å². The van der Waals surface area contributed by atoms with Gasteiger partial charge in [-0.1, -0.05) is 49.7 Å². The molecule has 0 spiro atoms. The van der Waals surface area contributed by atoms with Gasteiger partial charge in [0.15, 0.2) is 0 Å². The highest BCUT2D eigenvalue weighted by molar-refractivity contribution is 6.45. The van der Waals surface area contributed by atoms with E-state index >= 15 is 0 Å². The van der Waals surface area contributed by atoms with Gasteiger partial charge in [0.1, 0.15) is 5.70 Å². The fourth-order valence-corrected chi connectivity index (χ4v) is 4.11. The molecule has 0 saturated carbocycles. The SMILES string of the molecule is CCCCOC(=O)c1cccc(N2C(=O)C(c3ccccc3)=C(N3CCN(C)CC3)C2=O)c1. The van der Waals surface area contributed by atoms with E-state index in [9.17, 15) is 14.4 Å². The Hall–Kier alpha value is -3.45. The molecule has 7 nitrogen and oxygen atoms in total. The summed E-state index contributed by atoms with van der Waals surface area (Å²) in [7, 11) is 2.04. The van der Waals surface area contributed by atoms with E-state index < -0.39 is 5.97 Å². The van der Waals surface area contributed by atoms with Crippen LogP contribution in [0.4, 0.5) is 5.69 Å². The van der Waals surface area contributed by atoms with Crippen molar-refractivity contribution in [3.63, 3.8) is 0 Å². The molecule has 2 aromatic rings. The zero-order valence-corrected chi connectivity index (χ0v) is 19.1. The van der Waals surface area contributed by atoms with Crippen LogP contribution in [0.5, 0.6) is 0 Å². The number of imide groups is 1. The van der Waals surface area contributed by atoms with Crippen molar-refractivity contribution < 1.29 is 19.1 Å². The third-order valence-corrected chi connectivity index (χ3v) is 6.01. The van der Waals surface area contributed by atoms with Gasteiger partial charge in [-0.2, -0.15) is 0 Å². The molecule has 2 aliphatic rings. The number of hydrogen-bond acceptors (Lipinski definition) is 6. The molecular formula is C26H29N3O4. The third-order valence-electron chi connectivity index (χ3n) is 6.01. The van der Waals surface area contributed by atoms with Crippen molar-refractivity contribution in [1.29, 1.82) is 0 Å². The summed E-state index contributed by atoms with van der Waals surface area (Å²) in [5, 5.41) is 0. The molecule has 2 aromatic carbocycles. The zero-order chi connectivity index (χ0) is 23.4. The van der Waals surface area contributed by atoms with Crippen LogP contribution >= 0.6 is 0 Å². The molecule has 0 radical (unpaired) electrons. The average Bonchev–Trinajstić information content (AvgIpc) is 3.10. The topological polar surface area (TPSA) is 70.2 Å². The van der Waals surface area contributed by atoms with Crippen molar-refractivity contribution in [2.24, 2.45) is 0 Å². The average molecular weight is 448 g/mol. The summed E-state index contributed by atoms with van der Waals surface area (Å²) in [4.78, 5) is 45.1.